The van der Waals surface area contributed by atoms with Gasteiger partial charge in [0.05, 0.1) is 33.2 Å². The predicted octanol–water partition coefficient (Wildman–Crippen LogP) is 6.10. The molecule has 3 aromatic carbocycles. The molecule has 0 saturated carbocycles. The topological polar surface area (TPSA) is 123 Å². The van der Waals surface area contributed by atoms with Crippen molar-refractivity contribution in [1.29, 1.82) is 5.26 Å². The number of rotatable bonds is 9. The molecule has 0 aliphatic rings. The van der Waals surface area contributed by atoms with Gasteiger partial charge in [0.1, 0.15) is 6.61 Å². The number of halogens is 1. The minimum Gasteiger partial charge on any atom is -0.490 e. The van der Waals surface area contributed by atoms with Gasteiger partial charge in [-0.1, -0.05) is 12.1 Å². The van der Waals surface area contributed by atoms with Gasteiger partial charge in [0.2, 0.25) is 0 Å². The van der Waals surface area contributed by atoms with Crippen molar-refractivity contribution in [2.75, 3.05) is 6.61 Å². The van der Waals surface area contributed by atoms with E-state index in [-0.39, 0.29) is 17.9 Å². The van der Waals surface area contributed by atoms with Crippen molar-refractivity contribution in [3.8, 4) is 17.6 Å². The number of carboxylic acid groups (broad SMARTS) is 1. The lowest BCUT2D eigenvalue weighted by Gasteiger charge is -2.15. The molecule has 0 unspecified atom stereocenters. The Hall–Kier alpha value is -4.16. The van der Waals surface area contributed by atoms with Crippen LogP contribution in [0.25, 0.3) is 11.6 Å². The number of carboxylic acids is 1. The highest BCUT2D eigenvalue weighted by atomic mass is 79.9. The third-order valence-electron chi connectivity index (χ3n) is 4.71. The highest BCUT2D eigenvalue weighted by Gasteiger charge is 2.14. The van der Waals surface area contributed by atoms with Crippen LogP contribution in [0.1, 0.15) is 34.0 Å². The molecule has 0 amide bonds. The number of nitriles is 1. The Labute approximate surface area is 204 Å². The zero-order chi connectivity index (χ0) is 24.7. The number of hydrogen-bond donors (Lipinski definition) is 1. The molecule has 0 radical (unpaired) electrons. The molecule has 0 atom stereocenters. The molecule has 3 rings (SSSR count). The number of allylic oxidation sites excluding steroid dienone is 1. The fourth-order valence-electron chi connectivity index (χ4n) is 3.13. The molecular formula is C25H19BrN2O6. The number of carbonyl (C=O) groups is 1. The molecule has 0 heterocycles. The largest absolute Gasteiger partial charge is 0.490 e. The average molecular weight is 523 g/mol. The second-order valence-corrected chi connectivity index (χ2v) is 7.89. The number of nitro groups is 1. The molecule has 3 aromatic rings. The first-order valence-electron chi connectivity index (χ1n) is 10.1. The predicted molar refractivity (Wildman–Crippen MR) is 130 cm³/mol. The Balaban J connectivity index is 1.90. The van der Waals surface area contributed by atoms with Crippen LogP contribution in [0.2, 0.25) is 0 Å². The van der Waals surface area contributed by atoms with Crippen LogP contribution >= 0.6 is 15.9 Å². The van der Waals surface area contributed by atoms with Crippen molar-refractivity contribution in [2.24, 2.45) is 0 Å². The summed E-state index contributed by atoms with van der Waals surface area (Å²) in [5.74, 6) is -0.137. The highest BCUT2D eigenvalue weighted by Crippen LogP contribution is 2.38. The van der Waals surface area contributed by atoms with E-state index in [1.165, 1.54) is 36.4 Å². The van der Waals surface area contributed by atoms with E-state index in [0.29, 0.717) is 44.8 Å². The summed E-state index contributed by atoms with van der Waals surface area (Å²) >= 11 is 3.49. The molecule has 34 heavy (non-hydrogen) atoms. The Bertz CT molecular complexity index is 1300. The summed E-state index contributed by atoms with van der Waals surface area (Å²) in [7, 11) is 0. The summed E-state index contributed by atoms with van der Waals surface area (Å²) in [5.41, 5.74) is 2.32. The van der Waals surface area contributed by atoms with E-state index in [0.717, 1.165) is 0 Å². The van der Waals surface area contributed by atoms with Gasteiger partial charge in [0, 0.05) is 12.1 Å². The fraction of sp³-hybridized carbons (Fsp3) is 0.120. The minimum atomic E-state index is -1.02. The quantitative estimate of drug-likeness (QED) is 0.156. The monoisotopic (exact) mass is 522 g/mol. The van der Waals surface area contributed by atoms with E-state index in [9.17, 15) is 20.2 Å². The van der Waals surface area contributed by atoms with Gasteiger partial charge in [0.15, 0.2) is 11.5 Å². The summed E-state index contributed by atoms with van der Waals surface area (Å²) < 4.78 is 12.3. The molecule has 0 saturated heterocycles. The van der Waals surface area contributed by atoms with Crippen molar-refractivity contribution < 1.29 is 24.3 Å². The number of nitrogens with zero attached hydrogens (tertiary/aromatic N) is 2. The average Bonchev–Trinajstić information content (AvgIpc) is 2.82. The number of non-ortho nitro benzene ring substituents is 1. The molecule has 9 heteroatoms. The van der Waals surface area contributed by atoms with Crippen molar-refractivity contribution in [2.45, 2.75) is 13.5 Å². The van der Waals surface area contributed by atoms with E-state index in [1.54, 1.807) is 30.3 Å². The van der Waals surface area contributed by atoms with Gasteiger partial charge in [-0.05, 0) is 82.0 Å². The molecule has 1 N–H and O–H groups in total. The second-order valence-electron chi connectivity index (χ2n) is 7.03. The van der Waals surface area contributed by atoms with E-state index in [1.807, 2.05) is 6.92 Å². The zero-order valence-corrected chi connectivity index (χ0v) is 19.6. The van der Waals surface area contributed by atoms with E-state index in [4.69, 9.17) is 14.6 Å². The van der Waals surface area contributed by atoms with Gasteiger partial charge < -0.3 is 14.6 Å². The molecule has 0 aliphatic carbocycles. The third kappa shape index (κ3) is 5.99. The van der Waals surface area contributed by atoms with Crippen molar-refractivity contribution in [3.63, 3.8) is 0 Å². The van der Waals surface area contributed by atoms with Gasteiger partial charge in [-0.2, -0.15) is 5.26 Å². The van der Waals surface area contributed by atoms with Crippen LogP contribution in [0.3, 0.4) is 0 Å². The SMILES string of the molecule is CCOc1cc(/C=C(/C#N)c2ccc([N+](=O)[O-])cc2)cc(Br)c1OCc1cccc(C(=O)O)c1. The van der Waals surface area contributed by atoms with Crippen molar-refractivity contribution in [1.82, 2.24) is 0 Å². The molecule has 0 fully saturated rings. The highest BCUT2D eigenvalue weighted by molar-refractivity contribution is 9.10. The first-order chi connectivity index (χ1) is 16.3. The number of benzene rings is 3. The van der Waals surface area contributed by atoms with Gasteiger partial charge in [-0.3, -0.25) is 10.1 Å². The number of nitro benzene ring substituents is 1. The smallest absolute Gasteiger partial charge is 0.335 e. The summed E-state index contributed by atoms with van der Waals surface area (Å²) in [5, 5.41) is 29.7. The molecule has 0 bridgehead atoms. The Morgan fingerprint density at radius 3 is 2.50 bits per heavy atom. The Morgan fingerprint density at radius 1 is 1.15 bits per heavy atom. The van der Waals surface area contributed by atoms with E-state index in [2.05, 4.69) is 22.0 Å². The summed E-state index contributed by atoms with van der Waals surface area (Å²) in [6, 6.07) is 17.8. The van der Waals surface area contributed by atoms with Crippen LogP contribution < -0.4 is 9.47 Å². The standard InChI is InChI=1S/C25H19BrN2O6/c1-2-33-23-13-17(11-20(14-27)18-6-8-21(9-7-18)28(31)32)12-22(26)24(23)34-15-16-4-3-5-19(10-16)25(29)30/h3-13H,2,15H2,1H3,(H,29,30)/b20-11-. The lowest BCUT2D eigenvalue weighted by molar-refractivity contribution is -0.384. The first kappa shape index (κ1) is 24.5. The van der Waals surface area contributed by atoms with E-state index >= 15 is 0 Å². The summed E-state index contributed by atoms with van der Waals surface area (Å²) in [6.45, 7) is 2.33. The molecule has 0 aliphatic heterocycles. The molecular weight excluding hydrogens is 504 g/mol. The maximum absolute atomic E-state index is 11.2. The van der Waals surface area contributed by atoms with Crippen LogP contribution in [0.5, 0.6) is 11.5 Å². The number of aromatic carboxylic acids is 1. The minimum absolute atomic E-state index is 0.0576. The third-order valence-corrected chi connectivity index (χ3v) is 5.30. The zero-order valence-electron chi connectivity index (χ0n) is 18.0. The van der Waals surface area contributed by atoms with Crippen LogP contribution in [-0.2, 0) is 6.61 Å². The lowest BCUT2D eigenvalue weighted by Crippen LogP contribution is -2.03. The molecule has 8 nitrogen and oxygen atoms in total. The van der Waals surface area contributed by atoms with Gasteiger partial charge >= 0.3 is 5.97 Å². The maximum Gasteiger partial charge on any atom is 0.335 e. The molecule has 0 spiro atoms. The molecule has 172 valence electrons. The van der Waals surface area contributed by atoms with Crippen LogP contribution in [0.4, 0.5) is 5.69 Å². The van der Waals surface area contributed by atoms with Crippen LogP contribution in [0, 0.1) is 21.4 Å². The first-order valence-corrected chi connectivity index (χ1v) is 10.9. The normalized spacial score (nSPS) is 10.9. The van der Waals surface area contributed by atoms with E-state index < -0.39 is 10.9 Å². The Kier molecular flexibility index (Phi) is 8.01. The fourth-order valence-corrected chi connectivity index (χ4v) is 3.71. The van der Waals surface area contributed by atoms with Crippen LogP contribution in [-0.4, -0.2) is 22.6 Å². The van der Waals surface area contributed by atoms with Crippen molar-refractivity contribution >= 4 is 39.2 Å². The van der Waals surface area contributed by atoms with Crippen LogP contribution in [0.15, 0.2) is 65.1 Å². The Morgan fingerprint density at radius 2 is 1.88 bits per heavy atom. The van der Waals surface area contributed by atoms with Gasteiger partial charge in [0.25, 0.3) is 5.69 Å². The summed E-state index contributed by atoms with van der Waals surface area (Å²) in [4.78, 5) is 21.6. The van der Waals surface area contributed by atoms with Crippen molar-refractivity contribution in [3.05, 3.63) is 97.5 Å². The van der Waals surface area contributed by atoms with Gasteiger partial charge in [-0.25, -0.2) is 4.79 Å². The second kappa shape index (κ2) is 11.1. The lowest BCUT2D eigenvalue weighted by atomic mass is 10.0. The number of hydrogen-bond acceptors (Lipinski definition) is 6. The van der Waals surface area contributed by atoms with Gasteiger partial charge in [-0.15, -0.1) is 0 Å². The maximum atomic E-state index is 11.2. The summed E-state index contributed by atoms with van der Waals surface area (Å²) in [6.07, 6.45) is 1.65. The molecule has 0 aromatic heterocycles. The number of ether oxygens (including phenoxy) is 2.